The smallest absolute Gasteiger partial charge is 0.315 e. The lowest BCUT2D eigenvalue weighted by atomic mass is 10.4. The van der Waals surface area contributed by atoms with Crippen LogP contribution in [0.25, 0.3) is 0 Å². The Hall–Kier alpha value is -1.10. The van der Waals surface area contributed by atoms with Gasteiger partial charge >= 0.3 is 5.97 Å². The zero-order chi connectivity index (χ0) is 10.8. The Morgan fingerprint density at radius 3 is 2.43 bits per heavy atom. The van der Waals surface area contributed by atoms with Crippen molar-refractivity contribution in [3.63, 3.8) is 0 Å². The number of carbonyl (C=O) groups excluding carboxylic acids is 1. The average molecular weight is 203 g/mol. The zero-order valence-corrected chi connectivity index (χ0v) is 8.67. The fourth-order valence-corrected chi connectivity index (χ4v) is 0.766. The van der Waals surface area contributed by atoms with Crippen molar-refractivity contribution in [2.24, 2.45) is 0 Å². The Balaban J connectivity index is 3.40. The van der Waals surface area contributed by atoms with Gasteiger partial charge in [-0.05, 0) is 13.8 Å². The first-order chi connectivity index (χ1) is 6.70. The Morgan fingerprint density at radius 2 is 1.86 bits per heavy atom. The van der Waals surface area contributed by atoms with E-state index in [4.69, 9.17) is 19.6 Å². The summed E-state index contributed by atoms with van der Waals surface area (Å²) in [5.41, 5.74) is 0. The lowest BCUT2D eigenvalue weighted by Gasteiger charge is -2.05. The largest absolute Gasteiger partial charge is 0.481 e. The second kappa shape index (κ2) is 8.50. The van der Waals surface area contributed by atoms with E-state index in [1.165, 1.54) is 0 Å². The SMILES string of the molecule is CCOCCOC(=O)CC(=N)OCC. The van der Waals surface area contributed by atoms with Crippen LogP contribution in [0.1, 0.15) is 20.3 Å². The first-order valence-electron chi connectivity index (χ1n) is 4.64. The molecule has 0 spiro atoms. The molecule has 82 valence electrons. The minimum Gasteiger partial charge on any atom is -0.481 e. The summed E-state index contributed by atoms with van der Waals surface area (Å²) in [7, 11) is 0. The number of ether oxygens (including phenoxy) is 3. The summed E-state index contributed by atoms with van der Waals surface area (Å²) in [5.74, 6) is -0.517. The molecule has 0 saturated carbocycles. The molecule has 0 rings (SSSR count). The van der Waals surface area contributed by atoms with Crippen molar-refractivity contribution in [2.45, 2.75) is 20.3 Å². The Labute approximate surface area is 83.8 Å². The fourth-order valence-electron chi connectivity index (χ4n) is 0.766. The molecule has 0 bridgehead atoms. The molecule has 5 nitrogen and oxygen atoms in total. The number of hydrogen-bond donors (Lipinski definition) is 1. The molecule has 0 aromatic carbocycles. The fraction of sp³-hybridized carbons (Fsp3) is 0.778. The van der Waals surface area contributed by atoms with E-state index in [1.807, 2.05) is 6.92 Å². The highest BCUT2D eigenvalue weighted by molar-refractivity contribution is 5.92. The first-order valence-corrected chi connectivity index (χ1v) is 4.64. The molecule has 0 heterocycles. The molecule has 0 aliphatic carbocycles. The predicted molar refractivity (Wildman–Crippen MR) is 51.4 cm³/mol. The molecule has 0 radical (unpaired) electrons. The van der Waals surface area contributed by atoms with Crippen molar-refractivity contribution in [3.05, 3.63) is 0 Å². The van der Waals surface area contributed by atoms with Crippen molar-refractivity contribution in [2.75, 3.05) is 26.4 Å². The van der Waals surface area contributed by atoms with Crippen molar-refractivity contribution >= 4 is 11.9 Å². The third-order valence-electron chi connectivity index (χ3n) is 1.32. The summed E-state index contributed by atoms with van der Waals surface area (Å²) < 4.78 is 14.5. The third-order valence-corrected chi connectivity index (χ3v) is 1.32. The van der Waals surface area contributed by atoms with Crippen LogP contribution in [0.5, 0.6) is 0 Å². The summed E-state index contributed by atoms with van der Waals surface area (Å²) in [4.78, 5) is 11.0. The summed E-state index contributed by atoms with van der Waals surface area (Å²) >= 11 is 0. The van der Waals surface area contributed by atoms with Gasteiger partial charge in [0.25, 0.3) is 0 Å². The summed E-state index contributed by atoms with van der Waals surface area (Å²) in [6, 6.07) is 0. The molecule has 0 saturated heterocycles. The van der Waals surface area contributed by atoms with Crippen LogP contribution in [0.2, 0.25) is 0 Å². The van der Waals surface area contributed by atoms with Gasteiger partial charge < -0.3 is 14.2 Å². The van der Waals surface area contributed by atoms with Gasteiger partial charge in [-0.25, -0.2) is 0 Å². The van der Waals surface area contributed by atoms with E-state index in [1.54, 1.807) is 6.92 Å². The van der Waals surface area contributed by atoms with Gasteiger partial charge in [0.2, 0.25) is 0 Å². The van der Waals surface area contributed by atoms with Gasteiger partial charge in [-0.3, -0.25) is 10.2 Å². The summed E-state index contributed by atoms with van der Waals surface area (Å²) in [5, 5.41) is 7.18. The average Bonchev–Trinajstić information content (AvgIpc) is 2.13. The molecule has 14 heavy (non-hydrogen) atoms. The van der Waals surface area contributed by atoms with Gasteiger partial charge in [0.15, 0.2) is 5.90 Å². The van der Waals surface area contributed by atoms with Gasteiger partial charge in [-0.1, -0.05) is 0 Å². The van der Waals surface area contributed by atoms with Gasteiger partial charge in [-0.2, -0.15) is 0 Å². The van der Waals surface area contributed by atoms with E-state index in [2.05, 4.69) is 0 Å². The highest BCUT2D eigenvalue weighted by atomic mass is 16.6. The van der Waals surface area contributed by atoms with Crippen molar-refractivity contribution in [3.8, 4) is 0 Å². The Morgan fingerprint density at radius 1 is 1.14 bits per heavy atom. The molecule has 0 fully saturated rings. The minimum absolute atomic E-state index is 0.0612. The van der Waals surface area contributed by atoms with Crippen LogP contribution in [-0.2, 0) is 19.0 Å². The number of hydrogen-bond acceptors (Lipinski definition) is 5. The molecule has 0 aliphatic heterocycles. The van der Waals surface area contributed by atoms with E-state index < -0.39 is 5.97 Å². The normalized spacial score (nSPS) is 9.57. The van der Waals surface area contributed by atoms with Gasteiger partial charge in [0.1, 0.15) is 13.0 Å². The Bertz CT molecular complexity index is 182. The van der Waals surface area contributed by atoms with Crippen LogP contribution < -0.4 is 0 Å². The van der Waals surface area contributed by atoms with Crippen molar-refractivity contribution in [1.82, 2.24) is 0 Å². The molecular weight excluding hydrogens is 186 g/mol. The van der Waals surface area contributed by atoms with E-state index in [9.17, 15) is 4.79 Å². The highest BCUT2D eigenvalue weighted by Gasteiger charge is 2.07. The molecule has 1 N–H and O–H groups in total. The third kappa shape index (κ3) is 7.54. The maximum absolute atomic E-state index is 11.0. The quantitative estimate of drug-likeness (QED) is 0.290. The number of esters is 1. The van der Waals surface area contributed by atoms with Crippen LogP contribution >= 0.6 is 0 Å². The van der Waals surface area contributed by atoms with Crippen molar-refractivity contribution in [1.29, 1.82) is 5.41 Å². The maximum Gasteiger partial charge on any atom is 0.315 e. The molecule has 0 atom stereocenters. The van der Waals surface area contributed by atoms with Gasteiger partial charge in [-0.15, -0.1) is 0 Å². The van der Waals surface area contributed by atoms with Crippen molar-refractivity contribution < 1.29 is 19.0 Å². The predicted octanol–water partition coefficient (Wildman–Crippen LogP) is 0.970. The first kappa shape index (κ1) is 12.9. The molecule has 0 aromatic heterocycles. The number of nitrogens with one attached hydrogen (secondary N) is 1. The molecular formula is C9H17NO4. The lowest BCUT2D eigenvalue weighted by molar-refractivity contribution is -0.143. The number of carbonyl (C=O) groups is 1. The van der Waals surface area contributed by atoms with Gasteiger partial charge in [0.05, 0.1) is 13.2 Å². The lowest BCUT2D eigenvalue weighted by Crippen LogP contribution is -2.15. The second-order valence-electron chi connectivity index (χ2n) is 2.45. The van der Waals surface area contributed by atoms with Crippen LogP contribution in [-0.4, -0.2) is 38.3 Å². The van der Waals surface area contributed by atoms with Crippen LogP contribution in [0.3, 0.4) is 0 Å². The van der Waals surface area contributed by atoms with E-state index in [0.717, 1.165) is 0 Å². The van der Waals surface area contributed by atoms with Gasteiger partial charge in [0, 0.05) is 6.61 Å². The highest BCUT2D eigenvalue weighted by Crippen LogP contribution is 1.91. The van der Waals surface area contributed by atoms with Crippen LogP contribution in [0.15, 0.2) is 0 Å². The molecule has 0 aliphatic rings. The monoisotopic (exact) mass is 203 g/mol. The molecule has 0 aromatic rings. The van der Waals surface area contributed by atoms with Crippen LogP contribution in [0.4, 0.5) is 0 Å². The topological polar surface area (TPSA) is 68.6 Å². The molecule has 0 unspecified atom stereocenters. The maximum atomic E-state index is 11.0. The Kier molecular flexibility index (Phi) is 7.83. The standard InChI is InChI=1S/C9H17NO4/c1-3-12-5-6-14-9(11)7-8(10)13-4-2/h10H,3-7H2,1-2H3. The second-order valence-corrected chi connectivity index (χ2v) is 2.45. The summed E-state index contributed by atoms with van der Waals surface area (Å²) in [6.07, 6.45) is -0.111. The van der Waals surface area contributed by atoms with Crippen LogP contribution in [0, 0.1) is 5.41 Å². The number of rotatable bonds is 7. The van der Waals surface area contributed by atoms with E-state index in [-0.39, 0.29) is 18.9 Å². The molecule has 5 heteroatoms. The summed E-state index contributed by atoms with van der Waals surface area (Å²) in [6.45, 7) is 5.25. The van der Waals surface area contributed by atoms with E-state index in [0.29, 0.717) is 19.8 Å². The molecule has 0 amide bonds. The zero-order valence-electron chi connectivity index (χ0n) is 8.67. The van der Waals surface area contributed by atoms with E-state index >= 15 is 0 Å². The minimum atomic E-state index is -0.455.